The second kappa shape index (κ2) is 5.95. The van der Waals surface area contributed by atoms with Gasteiger partial charge in [-0.3, -0.25) is 10.1 Å². The Morgan fingerprint density at radius 2 is 2.16 bits per heavy atom. The molecular formula is C10H14N2O6S. The van der Waals surface area contributed by atoms with Crippen molar-refractivity contribution in [2.45, 2.75) is 17.9 Å². The van der Waals surface area contributed by atoms with Crippen molar-refractivity contribution in [3.63, 3.8) is 0 Å². The fourth-order valence-electron chi connectivity index (χ4n) is 1.35. The SMILES string of the molecule is COc1ccc([N+](=O)[O-])cc1S(=O)(=O)N[C@@H](C)CO. The lowest BCUT2D eigenvalue weighted by Gasteiger charge is -2.13. The maximum Gasteiger partial charge on any atom is 0.271 e. The number of methoxy groups -OCH3 is 1. The maximum atomic E-state index is 12.0. The predicted octanol–water partition coefficient (Wildman–Crippen LogP) is 0.262. The van der Waals surface area contributed by atoms with Gasteiger partial charge in [-0.15, -0.1) is 0 Å². The summed E-state index contributed by atoms with van der Waals surface area (Å²) in [6.45, 7) is 1.07. The first-order chi connectivity index (χ1) is 8.81. The molecule has 2 N–H and O–H groups in total. The summed E-state index contributed by atoms with van der Waals surface area (Å²) in [5.74, 6) is -0.0109. The average Bonchev–Trinajstić information content (AvgIpc) is 2.37. The van der Waals surface area contributed by atoms with E-state index in [0.717, 1.165) is 12.1 Å². The third-order valence-electron chi connectivity index (χ3n) is 2.28. The van der Waals surface area contributed by atoms with Crippen molar-refractivity contribution in [1.29, 1.82) is 0 Å². The number of non-ortho nitro benzene ring substituents is 1. The van der Waals surface area contributed by atoms with Gasteiger partial charge in [-0.05, 0) is 13.0 Å². The first-order valence-electron chi connectivity index (χ1n) is 5.27. The van der Waals surface area contributed by atoms with Crippen LogP contribution in [-0.2, 0) is 10.0 Å². The summed E-state index contributed by atoms with van der Waals surface area (Å²) in [5, 5.41) is 19.5. The molecule has 9 heteroatoms. The molecule has 0 saturated heterocycles. The summed E-state index contributed by atoms with van der Waals surface area (Å²) in [7, 11) is -2.75. The smallest absolute Gasteiger partial charge is 0.271 e. The van der Waals surface area contributed by atoms with Crippen LogP contribution in [0.3, 0.4) is 0 Å². The Morgan fingerprint density at radius 3 is 2.63 bits per heavy atom. The molecule has 0 saturated carbocycles. The molecule has 1 aromatic rings. The largest absolute Gasteiger partial charge is 0.495 e. The number of nitrogens with zero attached hydrogens (tertiary/aromatic N) is 1. The summed E-state index contributed by atoms with van der Waals surface area (Å²) >= 11 is 0. The highest BCUT2D eigenvalue weighted by molar-refractivity contribution is 7.89. The zero-order chi connectivity index (χ0) is 14.6. The van der Waals surface area contributed by atoms with Crippen LogP contribution in [0.25, 0.3) is 0 Å². The van der Waals surface area contributed by atoms with Crippen LogP contribution in [0.15, 0.2) is 23.1 Å². The van der Waals surface area contributed by atoms with Crippen molar-refractivity contribution in [3.8, 4) is 5.75 Å². The number of nitro groups is 1. The van der Waals surface area contributed by atoms with E-state index in [-0.39, 0.29) is 16.3 Å². The molecule has 0 aliphatic heterocycles. The van der Waals surface area contributed by atoms with Crippen LogP contribution in [0.1, 0.15) is 6.92 Å². The highest BCUT2D eigenvalue weighted by atomic mass is 32.2. The number of aliphatic hydroxyl groups excluding tert-OH is 1. The molecule has 0 unspecified atom stereocenters. The number of aliphatic hydroxyl groups is 1. The van der Waals surface area contributed by atoms with Crippen molar-refractivity contribution in [2.24, 2.45) is 0 Å². The molecule has 106 valence electrons. The zero-order valence-corrected chi connectivity index (χ0v) is 11.2. The molecule has 0 spiro atoms. The van der Waals surface area contributed by atoms with Gasteiger partial charge >= 0.3 is 0 Å². The number of hydrogen-bond donors (Lipinski definition) is 2. The van der Waals surface area contributed by atoms with Gasteiger partial charge in [-0.2, -0.15) is 0 Å². The Kier molecular flexibility index (Phi) is 4.81. The molecular weight excluding hydrogens is 276 g/mol. The highest BCUT2D eigenvalue weighted by Gasteiger charge is 2.24. The first kappa shape index (κ1) is 15.3. The van der Waals surface area contributed by atoms with Crippen molar-refractivity contribution in [2.75, 3.05) is 13.7 Å². The number of hydrogen-bond acceptors (Lipinski definition) is 6. The molecule has 1 rings (SSSR count). The van der Waals surface area contributed by atoms with Gasteiger partial charge in [0.05, 0.1) is 18.6 Å². The fourth-order valence-corrected chi connectivity index (χ4v) is 2.78. The molecule has 0 radical (unpaired) electrons. The quantitative estimate of drug-likeness (QED) is 0.573. The summed E-state index contributed by atoms with van der Waals surface area (Å²) < 4.78 is 31.1. The van der Waals surface area contributed by atoms with Crippen LogP contribution in [0, 0.1) is 10.1 Å². The molecule has 0 bridgehead atoms. The topological polar surface area (TPSA) is 119 Å². The third-order valence-corrected chi connectivity index (χ3v) is 3.89. The summed E-state index contributed by atoms with van der Waals surface area (Å²) in [6, 6.07) is 2.54. The normalized spacial score (nSPS) is 13.0. The van der Waals surface area contributed by atoms with E-state index in [1.807, 2.05) is 0 Å². The van der Waals surface area contributed by atoms with E-state index in [1.165, 1.54) is 20.1 Å². The molecule has 8 nitrogen and oxygen atoms in total. The van der Waals surface area contributed by atoms with E-state index >= 15 is 0 Å². The van der Waals surface area contributed by atoms with Crippen LogP contribution >= 0.6 is 0 Å². The van der Waals surface area contributed by atoms with Gasteiger partial charge in [0.15, 0.2) is 0 Å². The number of rotatable bonds is 6. The molecule has 0 aliphatic carbocycles. The summed E-state index contributed by atoms with van der Waals surface area (Å²) in [4.78, 5) is 9.62. The lowest BCUT2D eigenvalue weighted by Crippen LogP contribution is -2.35. The lowest BCUT2D eigenvalue weighted by molar-refractivity contribution is -0.385. The van der Waals surface area contributed by atoms with Crippen molar-refractivity contribution in [1.82, 2.24) is 4.72 Å². The van der Waals surface area contributed by atoms with Crippen molar-refractivity contribution < 1.29 is 23.2 Å². The highest BCUT2D eigenvalue weighted by Crippen LogP contribution is 2.28. The molecule has 0 heterocycles. The van der Waals surface area contributed by atoms with Gasteiger partial charge in [0.2, 0.25) is 10.0 Å². The van der Waals surface area contributed by atoms with Crippen LogP contribution < -0.4 is 9.46 Å². The Balaban J connectivity index is 3.30. The van der Waals surface area contributed by atoms with E-state index in [0.29, 0.717) is 0 Å². The average molecular weight is 290 g/mol. The first-order valence-corrected chi connectivity index (χ1v) is 6.75. The second-order valence-electron chi connectivity index (χ2n) is 3.80. The van der Waals surface area contributed by atoms with E-state index in [1.54, 1.807) is 0 Å². The molecule has 1 aromatic carbocycles. The molecule has 19 heavy (non-hydrogen) atoms. The Morgan fingerprint density at radius 1 is 1.53 bits per heavy atom. The number of nitrogens with one attached hydrogen (secondary N) is 1. The lowest BCUT2D eigenvalue weighted by atomic mass is 10.3. The summed E-state index contributed by atoms with van der Waals surface area (Å²) in [6.07, 6.45) is 0. The van der Waals surface area contributed by atoms with Gasteiger partial charge in [0, 0.05) is 18.2 Å². The van der Waals surface area contributed by atoms with E-state index in [2.05, 4.69) is 4.72 Å². The third kappa shape index (κ3) is 3.63. The van der Waals surface area contributed by atoms with Crippen LogP contribution in [0.2, 0.25) is 0 Å². The van der Waals surface area contributed by atoms with Gasteiger partial charge in [-0.25, -0.2) is 13.1 Å². The molecule has 0 fully saturated rings. The van der Waals surface area contributed by atoms with Crippen LogP contribution in [0.4, 0.5) is 5.69 Å². The van der Waals surface area contributed by atoms with E-state index in [9.17, 15) is 18.5 Å². The van der Waals surface area contributed by atoms with E-state index < -0.39 is 27.6 Å². The maximum absolute atomic E-state index is 12.0. The van der Waals surface area contributed by atoms with Gasteiger partial charge in [0.25, 0.3) is 5.69 Å². The Hall–Kier alpha value is -1.71. The zero-order valence-electron chi connectivity index (χ0n) is 10.4. The number of ether oxygens (including phenoxy) is 1. The van der Waals surface area contributed by atoms with Crippen LogP contribution in [0.5, 0.6) is 5.75 Å². The fraction of sp³-hybridized carbons (Fsp3) is 0.400. The minimum Gasteiger partial charge on any atom is -0.495 e. The Bertz CT molecular complexity index is 571. The van der Waals surface area contributed by atoms with E-state index in [4.69, 9.17) is 9.84 Å². The number of benzene rings is 1. The second-order valence-corrected chi connectivity index (χ2v) is 5.48. The minimum absolute atomic E-state index is 0.0109. The minimum atomic E-state index is -4.01. The monoisotopic (exact) mass is 290 g/mol. The van der Waals surface area contributed by atoms with Crippen molar-refractivity contribution in [3.05, 3.63) is 28.3 Å². The number of nitro benzene ring substituents is 1. The molecule has 0 amide bonds. The predicted molar refractivity (Wildman–Crippen MR) is 66.5 cm³/mol. The standard InChI is InChI=1S/C10H14N2O6S/c1-7(6-13)11-19(16,17)10-5-8(12(14)15)3-4-9(10)18-2/h3-5,7,11,13H,6H2,1-2H3/t7-/m0/s1. The van der Waals surface area contributed by atoms with Crippen LogP contribution in [-0.4, -0.2) is 38.2 Å². The van der Waals surface area contributed by atoms with Crippen molar-refractivity contribution >= 4 is 15.7 Å². The summed E-state index contributed by atoms with van der Waals surface area (Å²) in [5.41, 5.74) is -0.363. The Labute approximate surface area is 110 Å². The molecule has 0 aliphatic rings. The molecule has 0 aromatic heterocycles. The van der Waals surface area contributed by atoms with Gasteiger partial charge in [0.1, 0.15) is 10.6 Å². The van der Waals surface area contributed by atoms with Gasteiger partial charge < -0.3 is 9.84 Å². The molecule has 1 atom stereocenters. The van der Waals surface area contributed by atoms with Gasteiger partial charge in [-0.1, -0.05) is 0 Å². The number of sulfonamides is 1.